The van der Waals surface area contributed by atoms with E-state index in [1.165, 1.54) is 0 Å². The number of rotatable bonds is 3. The van der Waals surface area contributed by atoms with Gasteiger partial charge < -0.3 is 10.4 Å². The second-order valence-electron chi connectivity index (χ2n) is 3.37. The van der Waals surface area contributed by atoms with Crippen molar-refractivity contribution in [3.8, 4) is 6.07 Å². The van der Waals surface area contributed by atoms with E-state index in [-0.39, 0.29) is 12.5 Å². The molecular weight excluding hydrogens is 168 g/mol. The van der Waals surface area contributed by atoms with Crippen molar-refractivity contribution < 1.29 is 9.90 Å². The molecule has 0 radical (unpaired) electrons. The van der Waals surface area contributed by atoms with Gasteiger partial charge in [-0.3, -0.25) is 4.79 Å². The first kappa shape index (κ1) is 10.0. The first-order valence-electron chi connectivity index (χ1n) is 4.58. The summed E-state index contributed by atoms with van der Waals surface area (Å²) in [5, 5.41) is 20.1. The largest absolute Gasteiger partial charge is 0.383 e. The van der Waals surface area contributed by atoms with Gasteiger partial charge in [0.2, 0.25) is 5.91 Å². The summed E-state index contributed by atoms with van der Waals surface area (Å²) in [4.78, 5) is 11.2. The van der Waals surface area contributed by atoms with E-state index in [1.54, 1.807) is 6.07 Å². The third kappa shape index (κ3) is 2.71. The Morgan fingerprint density at radius 3 is 2.77 bits per heavy atom. The highest BCUT2D eigenvalue weighted by atomic mass is 16.3. The van der Waals surface area contributed by atoms with Crippen molar-refractivity contribution >= 4 is 5.91 Å². The number of carbonyl (C=O) groups is 1. The summed E-state index contributed by atoms with van der Waals surface area (Å²) >= 11 is 0. The van der Waals surface area contributed by atoms with E-state index >= 15 is 0 Å². The fraction of sp³-hybridized carbons (Fsp3) is 0.778. The molecule has 0 bridgehead atoms. The van der Waals surface area contributed by atoms with Gasteiger partial charge in [-0.1, -0.05) is 12.8 Å². The summed E-state index contributed by atoms with van der Waals surface area (Å²) in [5.41, 5.74) is 0. The van der Waals surface area contributed by atoms with E-state index in [0.29, 0.717) is 0 Å². The Morgan fingerprint density at radius 2 is 2.23 bits per heavy atom. The molecule has 0 spiro atoms. The molecule has 13 heavy (non-hydrogen) atoms. The van der Waals surface area contributed by atoms with Gasteiger partial charge in [-0.15, -0.1) is 0 Å². The fourth-order valence-electron chi connectivity index (χ4n) is 1.72. The van der Waals surface area contributed by atoms with Crippen molar-refractivity contribution in [3.05, 3.63) is 0 Å². The average molecular weight is 182 g/mol. The van der Waals surface area contributed by atoms with Gasteiger partial charge in [0.15, 0.2) is 0 Å². The van der Waals surface area contributed by atoms with Crippen LogP contribution in [-0.4, -0.2) is 23.7 Å². The van der Waals surface area contributed by atoms with Crippen LogP contribution in [0.3, 0.4) is 0 Å². The lowest BCUT2D eigenvalue weighted by molar-refractivity contribution is -0.131. The summed E-state index contributed by atoms with van der Waals surface area (Å²) in [5.74, 6) is -0.313. The minimum absolute atomic E-state index is 0.0252. The molecular formula is C9H14N2O2. The molecule has 0 aromatic rings. The second kappa shape index (κ2) is 4.83. The molecule has 1 aliphatic carbocycles. The first-order valence-corrected chi connectivity index (χ1v) is 4.58. The molecule has 2 N–H and O–H groups in total. The summed E-state index contributed by atoms with van der Waals surface area (Å²) in [6.45, 7) is -0.0252. The predicted octanol–water partition coefficient (Wildman–Crippen LogP) is 0.177. The molecule has 1 atom stereocenters. The van der Waals surface area contributed by atoms with Crippen molar-refractivity contribution in [2.24, 2.45) is 5.92 Å². The van der Waals surface area contributed by atoms with Gasteiger partial charge in [0, 0.05) is 0 Å². The van der Waals surface area contributed by atoms with E-state index in [1.807, 2.05) is 0 Å². The maximum Gasteiger partial charge on any atom is 0.249 e. The Balaban J connectivity index is 2.33. The maximum atomic E-state index is 11.2. The molecule has 1 unspecified atom stereocenters. The van der Waals surface area contributed by atoms with Crippen LogP contribution in [0.4, 0.5) is 0 Å². The SMILES string of the molecule is N#CCNC(=O)C(O)C1CCCC1. The van der Waals surface area contributed by atoms with Crippen molar-refractivity contribution in [2.45, 2.75) is 31.8 Å². The Morgan fingerprint density at radius 1 is 1.62 bits per heavy atom. The number of aliphatic hydroxyl groups is 1. The minimum Gasteiger partial charge on any atom is -0.383 e. The van der Waals surface area contributed by atoms with Crippen LogP contribution >= 0.6 is 0 Å². The Hall–Kier alpha value is -1.08. The van der Waals surface area contributed by atoms with Gasteiger partial charge in [0.25, 0.3) is 0 Å². The fourth-order valence-corrected chi connectivity index (χ4v) is 1.72. The average Bonchev–Trinajstić information content (AvgIpc) is 2.65. The van der Waals surface area contributed by atoms with Gasteiger partial charge in [-0.2, -0.15) is 5.26 Å². The first-order chi connectivity index (χ1) is 6.25. The number of nitrogens with one attached hydrogen (secondary N) is 1. The lowest BCUT2D eigenvalue weighted by Gasteiger charge is -2.15. The van der Waals surface area contributed by atoms with E-state index in [0.717, 1.165) is 25.7 Å². The highest BCUT2D eigenvalue weighted by molar-refractivity contribution is 5.81. The molecule has 72 valence electrons. The van der Waals surface area contributed by atoms with Crippen LogP contribution in [0.2, 0.25) is 0 Å². The summed E-state index contributed by atoms with van der Waals surface area (Å²) in [6, 6.07) is 1.80. The zero-order valence-electron chi connectivity index (χ0n) is 7.49. The molecule has 0 heterocycles. The zero-order valence-corrected chi connectivity index (χ0v) is 7.49. The summed E-state index contributed by atoms with van der Waals surface area (Å²) < 4.78 is 0. The lowest BCUT2D eigenvalue weighted by Crippen LogP contribution is -2.38. The molecule has 0 aromatic carbocycles. The second-order valence-corrected chi connectivity index (χ2v) is 3.37. The van der Waals surface area contributed by atoms with Crippen LogP contribution in [0, 0.1) is 17.2 Å². The van der Waals surface area contributed by atoms with E-state index in [4.69, 9.17) is 5.26 Å². The lowest BCUT2D eigenvalue weighted by atomic mass is 10.0. The quantitative estimate of drug-likeness (QED) is 0.611. The standard InChI is InChI=1S/C9H14N2O2/c10-5-6-11-9(13)8(12)7-3-1-2-4-7/h7-8,12H,1-4,6H2,(H,11,13). The number of carbonyl (C=O) groups excluding carboxylic acids is 1. The van der Waals surface area contributed by atoms with Crippen molar-refractivity contribution in [3.63, 3.8) is 0 Å². The molecule has 1 rings (SSSR count). The Labute approximate surface area is 77.6 Å². The number of nitriles is 1. The van der Waals surface area contributed by atoms with Crippen LogP contribution in [-0.2, 0) is 4.79 Å². The maximum absolute atomic E-state index is 11.2. The topological polar surface area (TPSA) is 73.1 Å². The Kier molecular flexibility index (Phi) is 3.71. The number of hydrogen-bond acceptors (Lipinski definition) is 3. The normalized spacial score (nSPS) is 19.4. The van der Waals surface area contributed by atoms with Crippen molar-refractivity contribution in [2.75, 3.05) is 6.54 Å². The van der Waals surface area contributed by atoms with Crippen LogP contribution in [0.1, 0.15) is 25.7 Å². The highest BCUT2D eigenvalue weighted by Crippen LogP contribution is 2.27. The third-order valence-electron chi connectivity index (χ3n) is 2.46. The van der Waals surface area contributed by atoms with Gasteiger partial charge in [-0.25, -0.2) is 0 Å². The van der Waals surface area contributed by atoms with E-state index < -0.39 is 12.0 Å². The molecule has 0 aliphatic heterocycles. The van der Waals surface area contributed by atoms with Crippen molar-refractivity contribution in [1.29, 1.82) is 5.26 Å². The Bertz CT molecular complexity index is 216. The van der Waals surface area contributed by atoms with Crippen LogP contribution in [0.15, 0.2) is 0 Å². The van der Waals surface area contributed by atoms with Gasteiger partial charge in [0.1, 0.15) is 12.6 Å². The number of nitrogens with zero attached hydrogens (tertiary/aromatic N) is 1. The summed E-state index contributed by atoms with van der Waals surface area (Å²) in [6.07, 6.45) is 3.10. The molecule has 4 nitrogen and oxygen atoms in total. The smallest absolute Gasteiger partial charge is 0.249 e. The summed E-state index contributed by atoms with van der Waals surface area (Å²) in [7, 11) is 0. The molecule has 1 fully saturated rings. The monoisotopic (exact) mass is 182 g/mol. The highest BCUT2D eigenvalue weighted by Gasteiger charge is 2.28. The van der Waals surface area contributed by atoms with Crippen molar-refractivity contribution in [1.82, 2.24) is 5.32 Å². The molecule has 1 saturated carbocycles. The molecule has 0 aromatic heterocycles. The van der Waals surface area contributed by atoms with E-state index in [9.17, 15) is 9.90 Å². The van der Waals surface area contributed by atoms with Gasteiger partial charge in [0.05, 0.1) is 6.07 Å². The zero-order chi connectivity index (χ0) is 9.68. The minimum atomic E-state index is -0.921. The molecule has 1 aliphatic rings. The van der Waals surface area contributed by atoms with E-state index in [2.05, 4.69) is 5.32 Å². The van der Waals surface area contributed by atoms with Crippen LogP contribution < -0.4 is 5.32 Å². The molecule has 4 heteroatoms. The van der Waals surface area contributed by atoms with Crippen LogP contribution in [0.5, 0.6) is 0 Å². The van der Waals surface area contributed by atoms with Gasteiger partial charge in [-0.05, 0) is 18.8 Å². The number of hydrogen-bond donors (Lipinski definition) is 2. The van der Waals surface area contributed by atoms with Gasteiger partial charge >= 0.3 is 0 Å². The third-order valence-corrected chi connectivity index (χ3v) is 2.46. The molecule has 0 saturated heterocycles. The predicted molar refractivity (Wildman–Crippen MR) is 46.6 cm³/mol. The number of aliphatic hydroxyl groups excluding tert-OH is 1. The number of amides is 1. The van der Waals surface area contributed by atoms with Crippen LogP contribution in [0.25, 0.3) is 0 Å². The molecule has 1 amide bonds.